The second kappa shape index (κ2) is 9.85. The molecule has 0 N–H and O–H groups in total. The smallest absolute Gasteiger partial charge is 0.294 e. The van der Waals surface area contributed by atoms with E-state index < -0.39 is 12.8 Å². The van der Waals surface area contributed by atoms with E-state index in [2.05, 4.69) is 32.8 Å². The third kappa shape index (κ3) is 5.64. The fourth-order valence-corrected chi connectivity index (χ4v) is 6.50. The second-order valence-corrected chi connectivity index (χ2v) is 10.5. The van der Waals surface area contributed by atoms with Crippen molar-refractivity contribution in [2.24, 2.45) is 10.9 Å². The maximum atomic E-state index is 12.9. The van der Waals surface area contributed by atoms with Crippen LogP contribution in [0.2, 0.25) is 0 Å². The maximum Gasteiger partial charge on any atom is 0.341 e. The minimum Gasteiger partial charge on any atom is -0.294 e. The summed E-state index contributed by atoms with van der Waals surface area (Å²) >= 11 is 0. The van der Waals surface area contributed by atoms with E-state index >= 15 is 0 Å². The molecule has 0 saturated carbocycles. The first-order valence-electron chi connectivity index (χ1n) is 8.29. The minimum absolute atomic E-state index is 0.483. The van der Waals surface area contributed by atoms with E-state index in [1.54, 1.807) is 0 Å². The first-order valence-corrected chi connectivity index (χ1v) is 10.8. The van der Waals surface area contributed by atoms with Gasteiger partial charge in [-0.05, 0) is 38.5 Å². The first-order chi connectivity index (χ1) is 10.4. The van der Waals surface area contributed by atoms with Crippen LogP contribution in [0, 0.1) is 5.92 Å². The number of rotatable bonds is 4. The van der Waals surface area contributed by atoms with Gasteiger partial charge in [-0.25, -0.2) is 0 Å². The zero-order valence-corrected chi connectivity index (χ0v) is 17.4. The van der Waals surface area contributed by atoms with Gasteiger partial charge < -0.3 is 0 Å². The lowest BCUT2D eigenvalue weighted by Gasteiger charge is -2.34. The van der Waals surface area contributed by atoms with Gasteiger partial charge in [-0.1, -0.05) is 39.5 Å². The van der Waals surface area contributed by atoms with Crippen LogP contribution in [-0.2, 0) is 13.2 Å². The van der Waals surface area contributed by atoms with Gasteiger partial charge in [-0.2, -0.15) is 0 Å². The van der Waals surface area contributed by atoms with Crippen LogP contribution in [0.25, 0.3) is 0 Å². The summed E-state index contributed by atoms with van der Waals surface area (Å²) in [5.74, 6) is 0.483. The summed E-state index contributed by atoms with van der Waals surface area (Å²) < 4.78 is 23.3. The standard InChI is InChI=1S/C15H32NO3P3/c1-13(2)14-9-7-5-4-6-8-10-15(3,11-12-16-14)22(17,18-20)19-21/h13H,4-12,20-21H2,1-3H3/b16-14+. The highest BCUT2D eigenvalue weighted by atomic mass is 31.2. The maximum absolute atomic E-state index is 12.9. The molecule has 0 aromatic heterocycles. The fraction of sp³-hybridized carbons (Fsp3) is 0.933. The monoisotopic (exact) mass is 367 g/mol. The molecule has 22 heavy (non-hydrogen) atoms. The van der Waals surface area contributed by atoms with Gasteiger partial charge in [0.25, 0.3) is 0 Å². The zero-order chi connectivity index (χ0) is 16.6. The molecule has 0 amide bonds. The molecule has 0 aromatic rings. The molecule has 1 heterocycles. The summed E-state index contributed by atoms with van der Waals surface area (Å²) in [6, 6.07) is 0. The zero-order valence-electron chi connectivity index (χ0n) is 14.2. The predicted octanol–water partition coefficient (Wildman–Crippen LogP) is 5.78. The first kappa shape index (κ1) is 20.7. The van der Waals surface area contributed by atoms with Crippen molar-refractivity contribution in [1.29, 1.82) is 0 Å². The normalized spacial score (nSPS) is 28.5. The van der Waals surface area contributed by atoms with Gasteiger partial charge in [0.2, 0.25) is 0 Å². The molecule has 0 aliphatic carbocycles. The third-order valence-electron chi connectivity index (χ3n) is 4.72. The van der Waals surface area contributed by atoms with Crippen LogP contribution in [0.5, 0.6) is 0 Å². The Kier molecular flexibility index (Phi) is 9.28. The molecule has 1 rings (SSSR count). The third-order valence-corrected chi connectivity index (χ3v) is 8.71. The molecule has 7 heteroatoms. The summed E-state index contributed by atoms with van der Waals surface area (Å²) in [5, 5.41) is -0.485. The molecule has 1 aliphatic rings. The van der Waals surface area contributed by atoms with Crippen LogP contribution in [0.4, 0.5) is 0 Å². The summed E-state index contributed by atoms with van der Waals surface area (Å²) in [6.07, 6.45) is 8.61. The Morgan fingerprint density at radius 2 is 1.68 bits per heavy atom. The Morgan fingerprint density at radius 1 is 1.09 bits per heavy atom. The molecule has 1 aliphatic heterocycles. The summed E-state index contributed by atoms with van der Waals surface area (Å²) in [4.78, 5) is 4.81. The van der Waals surface area contributed by atoms with Crippen molar-refractivity contribution in [1.82, 2.24) is 0 Å². The summed E-state index contributed by atoms with van der Waals surface area (Å²) in [6.45, 7) is 7.10. The molecule has 4 nitrogen and oxygen atoms in total. The molecule has 0 fully saturated rings. The lowest BCUT2D eigenvalue weighted by atomic mass is 9.95. The molecular weight excluding hydrogens is 335 g/mol. The molecular formula is C15H32NO3P3. The minimum atomic E-state index is -3.16. The number of hydrogen-bond donors (Lipinski definition) is 0. The molecule has 0 saturated heterocycles. The van der Waals surface area contributed by atoms with Crippen molar-refractivity contribution in [2.45, 2.75) is 77.3 Å². The van der Waals surface area contributed by atoms with Gasteiger partial charge >= 0.3 is 7.60 Å². The average molecular weight is 367 g/mol. The van der Waals surface area contributed by atoms with Crippen molar-refractivity contribution in [3.63, 3.8) is 0 Å². The van der Waals surface area contributed by atoms with E-state index in [-0.39, 0.29) is 0 Å². The molecule has 0 spiro atoms. The largest absolute Gasteiger partial charge is 0.341 e. The summed E-state index contributed by atoms with van der Waals surface area (Å²) in [7, 11) is 1.07. The Morgan fingerprint density at radius 3 is 2.27 bits per heavy atom. The second-order valence-electron chi connectivity index (χ2n) is 6.75. The Labute approximate surface area is 140 Å². The van der Waals surface area contributed by atoms with Gasteiger partial charge in [0.05, 0.1) is 5.16 Å². The van der Waals surface area contributed by atoms with E-state index in [0.29, 0.717) is 12.5 Å². The van der Waals surface area contributed by atoms with Crippen molar-refractivity contribution >= 4 is 32.2 Å². The molecule has 3 unspecified atom stereocenters. The van der Waals surface area contributed by atoms with Crippen LogP contribution in [0.1, 0.15) is 72.1 Å². The quantitative estimate of drug-likeness (QED) is 0.592. The topological polar surface area (TPSA) is 47.9 Å². The van der Waals surface area contributed by atoms with Crippen molar-refractivity contribution in [3.8, 4) is 0 Å². The average Bonchev–Trinajstić information content (AvgIpc) is 2.49. The lowest BCUT2D eigenvalue weighted by molar-refractivity contribution is 0.353. The highest BCUT2D eigenvalue weighted by Crippen LogP contribution is 2.65. The van der Waals surface area contributed by atoms with E-state index in [9.17, 15) is 4.57 Å². The number of hydrogen-bond acceptors (Lipinski definition) is 4. The SMILES string of the molecule is CC(C)/C1=N/CCC(C)(P(=O)(OP)OP)CCCCCCC1. The van der Waals surface area contributed by atoms with E-state index in [4.69, 9.17) is 13.6 Å². The Bertz CT molecular complexity index is 407. The van der Waals surface area contributed by atoms with Crippen molar-refractivity contribution < 1.29 is 13.2 Å². The molecule has 130 valence electrons. The highest BCUT2D eigenvalue weighted by Gasteiger charge is 2.45. The molecule has 0 radical (unpaired) electrons. The van der Waals surface area contributed by atoms with Crippen LogP contribution in [0.15, 0.2) is 4.99 Å². The van der Waals surface area contributed by atoms with Crippen LogP contribution in [0.3, 0.4) is 0 Å². The van der Waals surface area contributed by atoms with Gasteiger partial charge in [0.1, 0.15) is 0 Å². The van der Waals surface area contributed by atoms with Gasteiger partial charge in [0.15, 0.2) is 0 Å². The number of nitrogens with zero attached hydrogens (tertiary/aromatic N) is 1. The lowest BCUT2D eigenvalue weighted by Crippen LogP contribution is -2.27. The number of aliphatic imine (C=N–C) groups is 1. The predicted molar refractivity (Wildman–Crippen MR) is 102 cm³/mol. The van der Waals surface area contributed by atoms with E-state index in [0.717, 1.165) is 25.7 Å². The van der Waals surface area contributed by atoms with Gasteiger partial charge in [-0.3, -0.25) is 18.2 Å². The van der Waals surface area contributed by atoms with Crippen LogP contribution < -0.4 is 0 Å². The molecule has 3 atom stereocenters. The van der Waals surface area contributed by atoms with Crippen LogP contribution >= 0.6 is 26.5 Å². The Balaban J connectivity index is 2.94. The highest BCUT2D eigenvalue weighted by molar-refractivity contribution is 7.62. The van der Waals surface area contributed by atoms with E-state index in [1.165, 1.54) is 31.4 Å². The van der Waals surface area contributed by atoms with Gasteiger partial charge in [0, 0.05) is 31.2 Å². The van der Waals surface area contributed by atoms with Crippen molar-refractivity contribution in [3.05, 3.63) is 0 Å². The van der Waals surface area contributed by atoms with Gasteiger partial charge in [-0.15, -0.1) is 0 Å². The Hall–Kier alpha value is 0.680. The molecule has 0 bridgehead atoms. The van der Waals surface area contributed by atoms with E-state index in [1.807, 2.05) is 6.92 Å². The fourth-order valence-electron chi connectivity index (χ4n) is 3.01. The molecule has 0 aromatic carbocycles. The summed E-state index contributed by atoms with van der Waals surface area (Å²) in [5.41, 5.74) is 1.29. The van der Waals surface area contributed by atoms with Crippen molar-refractivity contribution in [2.75, 3.05) is 6.54 Å². The van der Waals surface area contributed by atoms with Crippen LogP contribution in [-0.4, -0.2) is 17.4 Å².